The highest BCUT2D eigenvalue weighted by atomic mass is 16.5. The largest absolute Gasteiger partial charge is 0.385 e. The van der Waals surface area contributed by atoms with Crippen LogP contribution in [0.5, 0.6) is 0 Å². The van der Waals surface area contributed by atoms with Gasteiger partial charge in [-0.15, -0.1) is 0 Å². The minimum atomic E-state index is -0.767. The molecular weight excluding hydrogens is 504 g/mol. The van der Waals surface area contributed by atoms with E-state index in [1.807, 2.05) is 47.4 Å². The molecule has 0 atom stereocenters. The fourth-order valence-corrected chi connectivity index (χ4v) is 5.83. The number of hydrogen-bond donors (Lipinski definition) is 1. The van der Waals surface area contributed by atoms with Crippen molar-refractivity contribution in [1.29, 1.82) is 0 Å². The van der Waals surface area contributed by atoms with Crippen LogP contribution in [0, 0.1) is 0 Å². The van der Waals surface area contributed by atoms with Gasteiger partial charge in [0.2, 0.25) is 5.91 Å². The summed E-state index contributed by atoms with van der Waals surface area (Å²) in [5.74, 6) is -0.199. The Balaban J connectivity index is 1.40. The zero-order chi connectivity index (χ0) is 28.4. The number of carbonyl (C=O) groups excluding carboxylic acids is 3. The first kappa shape index (κ1) is 29.6. The lowest BCUT2D eigenvalue weighted by molar-refractivity contribution is -0.137. The van der Waals surface area contributed by atoms with Gasteiger partial charge in [0.05, 0.1) is 6.67 Å². The van der Waals surface area contributed by atoms with E-state index in [0.717, 1.165) is 18.5 Å². The Morgan fingerprint density at radius 2 is 1.68 bits per heavy atom. The third-order valence-electron chi connectivity index (χ3n) is 8.16. The normalized spacial score (nSPS) is 16.6. The number of unbranched alkanes of at least 4 members (excludes halogenated alkanes) is 3. The molecule has 2 aliphatic heterocycles. The van der Waals surface area contributed by atoms with Gasteiger partial charge < -0.3 is 24.8 Å². The summed E-state index contributed by atoms with van der Waals surface area (Å²) in [4.78, 5) is 45.5. The van der Waals surface area contributed by atoms with Gasteiger partial charge in [-0.2, -0.15) is 0 Å². The van der Waals surface area contributed by atoms with Crippen molar-refractivity contribution in [2.24, 2.45) is 0 Å². The Bertz CT molecular complexity index is 1110. The number of nitrogens with zero attached hydrogens (tertiary/aromatic N) is 3. The molecule has 3 amide bonds. The zero-order valence-corrected chi connectivity index (χ0v) is 24.1. The number of nitrogens with one attached hydrogen (secondary N) is 1. The molecule has 2 aromatic rings. The van der Waals surface area contributed by atoms with Crippen molar-refractivity contribution in [3.63, 3.8) is 0 Å². The van der Waals surface area contributed by atoms with Gasteiger partial charge in [0, 0.05) is 44.6 Å². The van der Waals surface area contributed by atoms with Crippen LogP contribution in [0.1, 0.15) is 67.8 Å². The standard InChI is InChI=1S/C32H44N4O4/c1-3-4-5-7-11-26-14-16-27(17-15-26)30(38)34-21-18-32(19-22-34)31(39)35(24-29(37)33-20-10-23-40-2)25-36(32)28-12-8-6-9-13-28/h6,8-9,12-17H,3-5,7,10-11,18-25H2,1-2H3,(H,33,37). The maximum atomic E-state index is 13.9. The number of hydrogen-bond acceptors (Lipinski definition) is 5. The summed E-state index contributed by atoms with van der Waals surface area (Å²) in [6.07, 6.45) is 7.71. The lowest BCUT2D eigenvalue weighted by Gasteiger charge is -2.43. The molecule has 8 nitrogen and oxygen atoms in total. The maximum Gasteiger partial charge on any atom is 0.253 e. The lowest BCUT2D eigenvalue weighted by Crippen LogP contribution is -2.57. The van der Waals surface area contributed by atoms with E-state index in [1.165, 1.54) is 31.2 Å². The number of aryl methyl sites for hydroxylation is 1. The molecule has 2 fully saturated rings. The summed E-state index contributed by atoms with van der Waals surface area (Å²) in [5, 5.41) is 2.89. The predicted molar refractivity (Wildman–Crippen MR) is 157 cm³/mol. The molecule has 2 saturated heterocycles. The van der Waals surface area contributed by atoms with E-state index in [9.17, 15) is 14.4 Å². The van der Waals surface area contributed by atoms with Gasteiger partial charge in [0.15, 0.2) is 0 Å². The molecule has 0 radical (unpaired) electrons. The molecule has 0 saturated carbocycles. The van der Waals surface area contributed by atoms with Gasteiger partial charge in [-0.1, -0.05) is 56.5 Å². The Kier molecular flexibility index (Phi) is 10.6. The monoisotopic (exact) mass is 548 g/mol. The summed E-state index contributed by atoms with van der Waals surface area (Å²) >= 11 is 0. The molecule has 2 heterocycles. The molecule has 2 aliphatic rings. The fraction of sp³-hybridized carbons (Fsp3) is 0.531. The number of methoxy groups -OCH3 is 1. The van der Waals surface area contributed by atoms with E-state index in [1.54, 1.807) is 12.0 Å². The summed E-state index contributed by atoms with van der Waals surface area (Å²) in [7, 11) is 1.63. The van der Waals surface area contributed by atoms with E-state index < -0.39 is 5.54 Å². The molecule has 1 spiro atoms. The van der Waals surface area contributed by atoms with Gasteiger partial charge in [0.1, 0.15) is 12.1 Å². The number of piperidine rings is 1. The lowest BCUT2D eigenvalue weighted by atomic mass is 9.85. The summed E-state index contributed by atoms with van der Waals surface area (Å²) in [6, 6.07) is 17.9. The second-order valence-electron chi connectivity index (χ2n) is 10.9. The van der Waals surface area contributed by atoms with Crippen LogP contribution >= 0.6 is 0 Å². The van der Waals surface area contributed by atoms with Crippen LogP contribution in [0.2, 0.25) is 0 Å². The van der Waals surface area contributed by atoms with Crippen molar-refractivity contribution in [1.82, 2.24) is 15.1 Å². The van der Waals surface area contributed by atoms with Gasteiger partial charge in [-0.25, -0.2) is 0 Å². The Labute approximate surface area is 238 Å². The average Bonchev–Trinajstić information content (AvgIpc) is 3.24. The van der Waals surface area contributed by atoms with E-state index in [0.29, 0.717) is 51.3 Å². The fourth-order valence-electron chi connectivity index (χ4n) is 5.83. The molecule has 0 bridgehead atoms. The number of ether oxygens (including phenoxy) is 1. The minimum absolute atomic E-state index is 0.0105. The molecular formula is C32H44N4O4. The first-order valence-corrected chi connectivity index (χ1v) is 14.7. The van der Waals surface area contributed by atoms with Crippen LogP contribution in [0.15, 0.2) is 54.6 Å². The third kappa shape index (κ3) is 7.02. The molecule has 4 rings (SSSR count). The number of likely N-dealkylation sites (tertiary alicyclic amines) is 1. The average molecular weight is 549 g/mol. The van der Waals surface area contributed by atoms with Crippen molar-refractivity contribution >= 4 is 23.4 Å². The van der Waals surface area contributed by atoms with E-state index >= 15 is 0 Å². The smallest absolute Gasteiger partial charge is 0.253 e. The van der Waals surface area contributed by atoms with Crippen LogP contribution in [-0.2, 0) is 20.7 Å². The number of para-hydroxylation sites is 1. The molecule has 8 heteroatoms. The quantitative estimate of drug-likeness (QED) is 0.379. The Morgan fingerprint density at radius 1 is 0.950 bits per heavy atom. The maximum absolute atomic E-state index is 13.9. The van der Waals surface area contributed by atoms with Crippen molar-refractivity contribution in [3.8, 4) is 0 Å². The summed E-state index contributed by atoms with van der Waals surface area (Å²) < 4.78 is 5.04. The molecule has 1 N–H and O–H groups in total. The van der Waals surface area contributed by atoms with Crippen LogP contribution in [0.25, 0.3) is 0 Å². The highest BCUT2D eigenvalue weighted by Crippen LogP contribution is 2.39. The van der Waals surface area contributed by atoms with E-state index in [4.69, 9.17) is 4.74 Å². The van der Waals surface area contributed by atoms with Crippen LogP contribution in [-0.4, -0.2) is 79.6 Å². The Morgan fingerprint density at radius 3 is 2.35 bits per heavy atom. The van der Waals surface area contributed by atoms with Gasteiger partial charge in [-0.05, 0) is 61.9 Å². The molecule has 216 valence electrons. The van der Waals surface area contributed by atoms with Crippen molar-refractivity contribution < 1.29 is 19.1 Å². The van der Waals surface area contributed by atoms with Gasteiger partial charge in [0.25, 0.3) is 11.8 Å². The van der Waals surface area contributed by atoms with Gasteiger partial charge in [-0.3, -0.25) is 14.4 Å². The van der Waals surface area contributed by atoms with Crippen molar-refractivity contribution in [2.45, 2.75) is 63.8 Å². The second-order valence-corrected chi connectivity index (χ2v) is 10.9. The number of rotatable bonds is 13. The number of anilines is 1. The second kappa shape index (κ2) is 14.3. The topological polar surface area (TPSA) is 82.2 Å². The number of amides is 3. The predicted octanol–water partition coefficient (Wildman–Crippen LogP) is 4.24. The molecule has 0 aliphatic carbocycles. The Hall–Kier alpha value is -3.39. The first-order valence-electron chi connectivity index (χ1n) is 14.7. The molecule has 0 aromatic heterocycles. The molecule has 0 unspecified atom stereocenters. The van der Waals surface area contributed by atoms with Crippen LogP contribution in [0.4, 0.5) is 5.69 Å². The molecule has 2 aromatic carbocycles. The summed E-state index contributed by atoms with van der Waals surface area (Å²) in [5.41, 5.74) is 2.14. The number of benzene rings is 2. The third-order valence-corrected chi connectivity index (χ3v) is 8.16. The van der Waals surface area contributed by atoms with E-state index in [-0.39, 0.29) is 24.3 Å². The highest BCUT2D eigenvalue weighted by molar-refractivity contribution is 5.97. The van der Waals surface area contributed by atoms with Crippen LogP contribution < -0.4 is 10.2 Å². The minimum Gasteiger partial charge on any atom is -0.385 e. The highest BCUT2D eigenvalue weighted by Gasteiger charge is 2.54. The zero-order valence-electron chi connectivity index (χ0n) is 24.1. The number of carbonyl (C=O) groups is 3. The van der Waals surface area contributed by atoms with Crippen molar-refractivity contribution in [3.05, 3.63) is 65.7 Å². The van der Waals surface area contributed by atoms with Crippen LogP contribution in [0.3, 0.4) is 0 Å². The van der Waals surface area contributed by atoms with Gasteiger partial charge >= 0.3 is 0 Å². The molecule has 40 heavy (non-hydrogen) atoms. The summed E-state index contributed by atoms with van der Waals surface area (Å²) in [6.45, 7) is 4.65. The SMILES string of the molecule is CCCCCCc1ccc(C(=O)N2CCC3(CC2)C(=O)N(CC(=O)NCCCOC)CN3c2ccccc2)cc1. The van der Waals surface area contributed by atoms with E-state index in [2.05, 4.69) is 29.3 Å². The first-order chi connectivity index (χ1) is 19.5. The van der Waals surface area contributed by atoms with Crippen molar-refractivity contribution in [2.75, 3.05) is 51.5 Å².